The molecule has 0 rings (SSSR count). The summed E-state index contributed by atoms with van der Waals surface area (Å²) in [5.41, 5.74) is 0. The second-order valence-corrected chi connectivity index (χ2v) is 11.9. The monoisotopic (exact) mass is 254 g/mol. The van der Waals surface area contributed by atoms with Crippen LogP contribution in [-0.4, -0.2) is 50.1 Å². The standard InChI is InChI=1S/C6H22O3Si4/c1-12(2,7-5-10)9-13(3,4)8-6-11/h5-6H2,1-4,10-11H3. The molecule has 0 aromatic carbocycles. The molecule has 0 bridgehead atoms. The van der Waals surface area contributed by atoms with Gasteiger partial charge in [0.15, 0.2) is 0 Å². The molecule has 0 saturated carbocycles. The highest BCUT2D eigenvalue weighted by Gasteiger charge is 2.35. The Morgan fingerprint density at radius 1 is 0.846 bits per heavy atom. The minimum absolute atomic E-state index is 0.866. The fraction of sp³-hybridized carbons (Fsp3) is 1.00. The molecular weight excluding hydrogens is 232 g/mol. The maximum absolute atomic E-state index is 5.98. The SMILES string of the molecule is C[Si](C)(OC[SiH3])O[Si](C)(C)OC[SiH3]. The van der Waals surface area contributed by atoms with Crippen LogP contribution in [0.4, 0.5) is 0 Å². The molecule has 0 atom stereocenters. The number of hydrogen-bond acceptors (Lipinski definition) is 3. The largest absolute Gasteiger partial charge is 0.415 e. The highest BCUT2D eigenvalue weighted by atomic mass is 28.5. The first kappa shape index (κ1) is 13.7. The zero-order chi connectivity index (χ0) is 10.5. The molecule has 80 valence electrons. The Morgan fingerprint density at radius 3 is 1.38 bits per heavy atom. The van der Waals surface area contributed by atoms with Crippen molar-refractivity contribution in [1.29, 1.82) is 0 Å². The normalized spacial score (nSPS) is 13.8. The van der Waals surface area contributed by atoms with Crippen LogP contribution in [0.3, 0.4) is 0 Å². The molecule has 0 saturated heterocycles. The molecule has 0 heterocycles. The van der Waals surface area contributed by atoms with Crippen molar-refractivity contribution in [3.8, 4) is 0 Å². The van der Waals surface area contributed by atoms with Gasteiger partial charge >= 0.3 is 17.1 Å². The second kappa shape index (κ2) is 5.59. The van der Waals surface area contributed by atoms with Crippen molar-refractivity contribution in [2.45, 2.75) is 26.2 Å². The summed E-state index contributed by atoms with van der Waals surface area (Å²) in [5, 5.41) is 0. The molecule has 7 heteroatoms. The Balaban J connectivity index is 4.07. The lowest BCUT2D eigenvalue weighted by Gasteiger charge is -2.32. The smallest absolute Gasteiger partial charge is 0.322 e. The van der Waals surface area contributed by atoms with Crippen LogP contribution in [0.25, 0.3) is 0 Å². The van der Waals surface area contributed by atoms with Gasteiger partial charge in [-0.3, -0.25) is 0 Å². The highest BCUT2D eigenvalue weighted by Crippen LogP contribution is 2.15. The predicted octanol–water partition coefficient (Wildman–Crippen LogP) is -0.914. The zero-order valence-electron chi connectivity index (χ0n) is 9.64. The molecule has 0 aliphatic rings. The fourth-order valence-electron chi connectivity index (χ4n) is 1.35. The summed E-state index contributed by atoms with van der Waals surface area (Å²) >= 11 is 0. The van der Waals surface area contributed by atoms with Gasteiger partial charge in [-0.05, 0) is 26.2 Å². The van der Waals surface area contributed by atoms with Crippen LogP contribution in [0, 0.1) is 0 Å². The molecule has 0 unspecified atom stereocenters. The summed E-state index contributed by atoms with van der Waals surface area (Å²) in [5.74, 6) is 0. The summed E-state index contributed by atoms with van der Waals surface area (Å²) in [7, 11) is -1.62. The van der Waals surface area contributed by atoms with Crippen LogP contribution < -0.4 is 0 Å². The molecule has 0 N–H and O–H groups in total. The average molecular weight is 255 g/mol. The van der Waals surface area contributed by atoms with Crippen molar-refractivity contribution in [2.75, 3.05) is 12.5 Å². The van der Waals surface area contributed by atoms with Crippen molar-refractivity contribution in [1.82, 2.24) is 0 Å². The van der Waals surface area contributed by atoms with E-state index in [1.54, 1.807) is 0 Å². The van der Waals surface area contributed by atoms with Gasteiger partial charge in [0.2, 0.25) is 0 Å². The van der Waals surface area contributed by atoms with Gasteiger partial charge in [-0.2, -0.15) is 0 Å². The molecule has 3 nitrogen and oxygen atoms in total. The van der Waals surface area contributed by atoms with Gasteiger partial charge in [-0.25, -0.2) is 0 Å². The zero-order valence-corrected chi connectivity index (χ0v) is 15.6. The fourth-order valence-corrected chi connectivity index (χ4v) is 12.1. The van der Waals surface area contributed by atoms with E-state index in [-0.39, 0.29) is 0 Å². The molecule has 0 fully saturated rings. The van der Waals surface area contributed by atoms with Gasteiger partial charge in [0.25, 0.3) is 0 Å². The van der Waals surface area contributed by atoms with Crippen LogP contribution in [0.2, 0.25) is 26.2 Å². The van der Waals surface area contributed by atoms with Gasteiger partial charge in [0, 0.05) is 32.9 Å². The van der Waals surface area contributed by atoms with E-state index in [0.717, 1.165) is 32.9 Å². The third kappa shape index (κ3) is 6.77. The van der Waals surface area contributed by atoms with Crippen LogP contribution in [0.1, 0.15) is 0 Å². The Morgan fingerprint density at radius 2 is 1.15 bits per heavy atom. The first-order valence-electron chi connectivity index (χ1n) is 4.81. The lowest BCUT2D eigenvalue weighted by molar-refractivity contribution is 0.235. The van der Waals surface area contributed by atoms with E-state index in [0.29, 0.717) is 0 Å². The summed E-state index contributed by atoms with van der Waals surface area (Å²) in [4.78, 5) is 0. The average Bonchev–Trinajstić information content (AvgIpc) is 1.82. The summed E-state index contributed by atoms with van der Waals surface area (Å²) in [6, 6.07) is 0. The quantitative estimate of drug-likeness (QED) is 0.574. The van der Waals surface area contributed by atoms with Crippen molar-refractivity contribution < 1.29 is 13.0 Å². The maximum atomic E-state index is 5.98. The van der Waals surface area contributed by atoms with E-state index in [2.05, 4.69) is 26.2 Å². The third-order valence-electron chi connectivity index (χ3n) is 1.48. The highest BCUT2D eigenvalue weighted by molar-refractivity contribution is 6.78. The van der Waals surface area contributed by atoms with Crippen molar-refractivity contribution in [3.05, 3.63) is 0 Å². The Kier molecular flexibility index (Phi) is 5.91. The Labute approximate surface area is 89.5 Å². The van der Waals surface area contributed by atoms with E-state index >= 15 is 0 Å². The summed E-state index contributed by atoms with van der Waals surface area (Å²) in [6.07, 6.45) is 1.73. The molecule has 0 spiro atoms. The van der Waals surface area contributed by atoms with Crippen molar-refractivity contribution in [3.63, 3.8) is 0 Å². The van der Waals surface area contributed by atoms with Crippen LogP contribution in [-0.2, 0) is 13.0 Å². The minimum Gasteiger partial charge on any atom is -0.415 e. The van der Waals surface area contributed by atoms with E-state index in [1.807, 2.05) is 0 Å². The molecular formula is C6H22O3Si4. The minimum atomic E-state index is -1.89. The van der Waals surface area contributed by atoms with E-state index in [1.165, 1.54) is 0 Å². The molecule has 0 amide bonds. The lowest BCUT2D eigenvalue weighted by atomic mass is 11.7. The van der Waals surface area contributed by atoms with E-state index in [4.69, 9.17) is 13.0 Å². The summed E-state index contributed by atoms with van der Waals surface area (Å²) in [6.45, 7) is 8.37. The predicted molar refractivity (Wildman–Crippen MR) is 67.8 cm³/mol. The molecule has 13 heavy (non-hydrogen) atoms. The van der Waals surface area contributed by atoms with Crippen LogP contribution in [0.15, 0.2) is 0 Å². The van der Waals surface area contributed by atoms with Gasteiger partial charge in [-0.1, -0.05) is 0 Å². The van der Waals surface area contributed by atoms with E-state index < -0.39 is 17.1 Å². The van der Waals surface area contributed by atoms with Gasteiger partial charge in [-0.15, -0.1) is 0 Å². The first-order valence-corrected chi connectivity index (χ1v) is 13.3. The van der Waals surface area contributed by atoms with Gasteiger partial charge < -0.3 is 13.0 Å². The van der Waals surface area contributed by atoms with Gasteiger partial charge in [0.1, 0.15) is 0 Å². The number of rotatable bonds is 6. The summed E-state index contributed by atoms with van der Waals surface area (Å²) < 4.78 is 17.3. The lowest BCUT2D eigenvalue weighted by Crippen LogP contribution is -2.48. The molecule has 0 aromatic heterocycles. The third-order valence-corrected chi connectivity index (χ3v) is 9.11. The molecule has 0 radical (unpaired) electrons. The molecule has 0 aliphatic carbocycles. The Hall–Kier alpha value is 0.748. The van der Waals surface area contributed by atoms with E-state index in [9.17, 15) is 0 Å². The van der Waals surface area contributed by atoms with Crippen LogP contribution >= 0.6 is 0 Å². The topological polar surface area (TPSA) is 27.7 Å². The molecule has 0 aliphatic heterocycles. The number of hydrogen-bond donors (Lipinski definition) is 0. The second-order valence-electron chi connectivity index (χ2n) is 3.77. The maximum Gasteiger partial charge on any atom is 0.322 e. The van der Waals surface area contributed by atoms with Gasteiger partial charge in [0.05, 0.1) is 0 Å². The van der Waals surface area contributed by atoms with Crippen molar-refractivity contribution in [2.24, 2.45) is 0 Å². The molecule has 0 aromatic rings. The van der Waals surface area contributed by atoms with Crippen LogP contribution in [0.5, 0.6) is 0 Å². The van der Waals surface area contributed by atoms with Crippen molar-refractivity contribution >= 4 is 37.6 Å². The Bertz CT molecular complexity index is 135. The first-order chi connectivity index (χ1) is 5.83.